The molecule has 1 saturated heterocycles. The van der Waals surface area contributed by atoms with Gasteiger partial charge in [-0.2, -0.15) is 0 Å². The minimum atomic E-state index is 0.368. The smallest absolute Gasteiger partial charge is 0.0110 e. The highest BCUT2D eigenvalue weighted by molar-refractivity contribution is 4.80. The standard InChI is InChI=1S/C9H20N2/c1-3-11-6-4-5-9(11)7-8(2)10/h8-9H,3-7,10H2,1-2H3/t8-,9+/m1/s1. The normalized spacial score (nSPS) is 29.2. The molecule has 0 aromatic rings. The van der Waals surface area contributed by atoms with Crippen LogP contribution in [0.3, 0.4) is 0 Å². The van der Waals surface area contributed by atoms with Gasteiger partial charge in [-0.3, -0.25) is 0 Å². The van der Waals surface area contributed by atoms with Crippen molar-refractivity contribution in [1.29, 1.82) is 0 Å². The van der Waals surface area contributed by atoms with Gasteiger partial charge in [-0.15, -0.1) is 0 Å². The van der Waals surface area contributed by atoms with Crippen LogP contribution in [-0.4, -0.2) is 30.1 Å². The fraction of sp³-hybridized carbons (Fsp3) is 1.00. The summed E-state index contributed by atoms with van der Waals surface area (Å²) >= 11 is 0. The summed E-state index contributed by atoms with van der Waals surface area (Å²) in [5.74, 6) is 0. The Labute approximate surface area is 69.8 Å². The van der Waals surface area contributed by atoms with Crippen LogP contribution >= 0.6 is 0 Å². The van der Waals surface area contributed by atoms with Crippen molar-refractivity contribution in [3.8, 4) is 0 Å². The van der Waals surface area contributed by atoms with E-state index < -0.39 is 0 Å². The summed E-state index contributed by atoms with van der Waals surface area (Å²) in [4.78, 5) is 2.54. The van der Waals surface area contributed by atoms with Gasteiger partial charge in [0.1, 0.15) is 0 Å². The van der Waals surface area contributed by atoms with Crippen molar-refractivity contribution < 1.29 is 0 Å². The van der Waals surface area contributed by atoms with E-state index in [1.165, 1.54) is 32.4 Å². The molecule has 0 bridgehead atoms. The summed E-state index contributed by atoms with van der Waals surface area (Å²) in [5.41, 5.74) is 5.76. The van der Waals surface area contributed by atoms with E-state index in [0.717, 1.165) is 6.04 Å². The summed E-state index contributed by atoms with van der Waals surface area (Å²) in [6.45, 7) is 6.82. The summed E-state index contributed by atoms with van der Waals surface area (Å²) < 4.78 is 0. The average molecular weight is 156 g/mol. The molecule has 2 nitrogen and oxygen atoms in total. The predicted octanol–water partition coefficient (Wildman–Crippen LogP) is 1.21. The van der Waals surface area contributed by atoms with E-state index in [4.69, 9.17) is 5.73 Å². The monoisotopic (exact) mass is 156 g/mol. The molecular formula is C9H20N2. The third-order valence-corrected chi connectivity index (χ3v) is 2.55. The number of rotatable bonds is 3. The Morgan fingerprint density at radius 2 is 2.36 bits per heavy atom. The Morgan fingerprint density at radius 1 is 1.64 bits per heavy atom. The number of nitrogens with zero attached hydrogens (tertiary/aromatic N) is 1. The molecule has 1 aliphatic heterocycles. The lowest BCUT2D eigenvalue weighted by molar-refractivity contribution is 0.247. The van der Waals surface area contributed by atoms with Crippen LogP contribution in [0, 0.1) is 0 Å². The fourth-order valence-corrected chi connectivity index (χ4v) is 2.01. The van der Waals surface area contributed by atoms with Gasteiger partial charge < -0.3 is 10.6 Å². The van der Waals surface area contributed by atoms with E-state index in [1.54, 1.807) is 0 Å². The third-order valence-electron chi connectivity index (χ3n) is 2.55. The molecule has 1 rings (SSSR count). The lowest BCUT2D eigenvalue weighted by atomic mass is 10.1. The highest BCUT2D eigenvalue weighted by Gasteiger charge is 2.23. The van der Waals surface area contributed by atoms with Crippen molar-refractivity contribution in [1.82, 2.24) is 4.90 Å². The number of hydrogen-bond acceptors (Lipinski definition) is 2. The fourth-order valence-electron chi connectivity index (χ4n) is 2.01. The molecule has 0 radical (unpaired) electrons. The second-order valence-corrected chi connectivity index (χ2v) is 3.64. The molecule has 0 unspecified atom stereocenters. The zero-order chi connectivity index (χ0) is 8.27. The van der Waals surface area contributed by atoms with Crippen molar-refractivity contribution in [2.75, 3.05) is 13.1 Å². The third kappa shape index (κ3) is 2.46. The average Bonchev–Trinajstić information content (AvgIpc) is 2.34. The molecule has 2 atom stereocenters. The Hall–Kier alpha value is -0.0800. The topological polar surface area (TPSA) is 29.3 Å². The van der Waals surface area contributed by atoms with Gasteiger partial charge in [0, 0.05) is 12.1 Å². The molecule has 0 aromatic carbocycles. The van der Waals surface area contributed by atoms with Crippen molar-refractivity contribution in [3.05, 3.63) is 0 Å². The first kappa shape index (κ1) is 9.01. The van der Waals surface area contributed by atoms with Crippen LogP contribution < -0.4 is 5.73 Å². The maximum atomic E-state index is 5.76. The van der Waals surface area contributed by atoms with E-state index >= 15 is 0 Å². The van der Waals surface area contributed by atoms with Crippen LogP contribution in [0.1, 0.15) is 33.1 Å². The molecule has 1 aliphatic rings. The molecule has 0 amide bonds. The lowest BCUT2D eigenvalue weighted by Gasteiger charge is -2.23. The summed E-state index contributed by atoms with van der Waals surface area (Å²) in [5, 5.41) is 0. The molecule has 0 aromatic heterocycles. The summed E-state index contributed by atoms with van der Waals surface area (Å²) in [6.07, 6.45) is 3.90. The largest absolute Gasteiger partial charge is 0.328 e. The number of likely N-dealkylation sites (tertiary alicyclic amines) is 1. The molecule has 11 heavy (non-hydrogen) atoms. The molecule has 0 saturated carbocycles. The minimum absolute atomic E-state index is 0.368. The Bertz CT molecular complexity index is 112. The van der Waals surface area contributed by atoms with Gasteiger partial charge in [0.15, 0.2) is 0 Å². The second-order valence-electron chi connectivity index (χ2n) is 3.64. The van der Waals surface area contributed by atoms with Crippen LogP contribution in [0.15, 0.2) is 0 Å². The van der Waals surface area contributed by atoms with Crippen molar-refractivity contribution in [3.63, 3.8) is 0 Å². The molecule has 0 aliphatic carbocycles. The quantitative estimate of drug-likeness (QED) is 0.665. The van der Waals surface area contributed by atoms with E-state index in [-0.39, 0.29) is 0 Å². The van der Waals surface area contributed by atoms with E-state index in [2.05, 4.69) is 18.7 Å². The Kier molecular flexibility index (Phi) is 3.34. The van der Waals surface area contributed by atoms with Gasteiger partial charge in [-0.1, -0.05) is 6.92 Å². The molecule has 1 heterocycles. The first-order valence-electron chi connectivity index (χ1n) is 4.73. The highest BCUT2D eigenvalue weighted by atomic mass is 15.2. The molecule has 2 N–H and O–H groups in total. The SMILES string of the molecule is CCN1CCC[C@H]1C[C@@H](C)N. The first-order chi connectivity index (χ1) is 5.24. The molecule has 66 valence electrons. The van der Waals surface area contributed by atoms with Gasteiger partial charge in [0.25, 0.3) is 0 Å². The molecule has 0 spiro atoms. The number of nitrogens with two attached hydrogens (primary N) is 1. The van der Waals surface area contributed by atoms with Gasteiger partial charge in [-0.05, 0) is 39.3 Å². The summed E-state index contributed by atoms with van der Waals surface area (Å²) in [7, 11) is 0. The summed E-state index contributed by atoms with van der Waals surface area (Å²) in [6, 6.07) is 1.15. The van der Waals surface area contributed by atoms with E-state index in [0.29, 0.717) is 6.04 Å². The van der Waals surface area contributed by atoms with Gasteiger partial charge in [0.2, 0.25) is 0 Å². The number of hydrogen-bond donors (Lipinski definition) is 1. The lowest BCUT2D eigenvalue weighted by Crippen LogP contribution is -2.33. The minimum Gasteiger partial charge on any atom is -0.328 e. The van der Waals surface area contributed by atoms with Gasteiger partial charge in [-0.25, -0.2) is 0 Å². The van der Waals surface area contributed by atoms with Crippen molar-refractivity contribution >= 4 is 0 Å². The zero-order valence-electron chi connectivity index (χ0n) is 7.71. The Morgan fingerprint density at radius 3 is 2.91 bits per heavy atom. The highest BCUT2D eigenvalue weighted by Crippen LogP contribution is 2.19. The van der Waals surface area contributed by atoms with Crippen LogP contribution in [-0.2, 0) is 0 Å². The van der Waals surface area contributed by atoms with Crippen molar-refractivity contribution in [2.24, 2.45) is 5.73 Å². The van der Waals surface area contributed by atoms with E-state index in [9.17, 15) is 0 Å². The predicted molar refractivity (Wildman–Crippen MR) is 48.5 cm³/mol. The van der Waals surface area contributed by atoms with Crippen LogP contribution in [0.5, 0.6) is 0 Å². The second kappa shape index (κ2) is 4.07. The molecule has 2 heteroatoms. The van der Waals surface area contributed by atoms with E-state index in [1.807, 2.05) is 0 Å². The Balaban J connectivity index is 2.31. The van der Waals surface area contributed by atoms with Gasteiger partial charge in [0.05, 0.1) is 0 Å². The molecule has 1 fully saturated rings. The van der Waals surface area contributed by atoms with Gasteiger partial charge >= 0.3 is 0 Å². The van der Waals surface area contributed by atoms with Crippen molar-refractivity contribution in [2.45, 2.75) is 45.2 Å². The van der Waals surface area contributed by atoms with Crippen LogP contribution in [0.4, 0.5) is 0 Å². The zero-order valence-corrected chi connectivity index (χ0v) is 7.71. The maximum Gasteiger partial charge on any atom is 0.0110 e. The van der Waals surface area contributed by atoms with Crippen LogP contribution in [0.2, 0.25) is 0 Å². The first-order valence-corrected chi connectivity index (χ1v) is 4.73. The van der Waals surface area contributed by atoms with Crippen LogP contribution in [0.25, 0.3) is 0 Å². The molecular weight excluding hydrogens is 136 g/mol. The maximum absolute atomic E-state index is 5.76.